The van der Waals surface area contributed by atoms with Crippen LogP contribution in [0.3, 0.4) is 0 Å². The number of carboxylic acid groups (broad SMARTS) is 1. The van der Waals surface area contributed by atoms with E-state index in [4.69, 9.17) is 4.42 Å². The molecule has 6 heteroatoms. The predicted octanol–water partition coefficient (Wildman–Crippen LogP) is 3.83. The van der Waals surface area contributed by atoms with Gasteiger partial charge < -0.3 is 14.1 Å². The molecule has 1 aliphatic rings. The summed E-state index contributed by atoms with van der Waals surface area (Å²) in [5.41, 5.74) is 0.879. The standard InChI is InChI=1S/C22H25N3O3/c1-24-12-10-23-21(24)13-16-5-4-11-25(14-16)15-17-8-9-20(28-17)18-6-2-3-7-19(18)22(26)27/h2-3,6-10,12,16H,4-5,11,13-15H2,1H3,(H,26,27)/t16-/m1/s1. The maximum Gasteiger partial charge on any atom is 0.336 e. The van der Waals surface area contributed by atoms with Gasteiger partial charge in [-0.25, -0.2) is 9.78 Å². The largest absolute Gasteiger partial charge is 0.478 e. The topological polar surface area (TPSA) is 71.5 Å². The van der Waals surface area contributed by atoms with Crippen LogP contribution in [-0.2, 0) is 20.0 Å². The number of rotatable bonds is 6. The minimum Gasteiger partial charge on any atom is -0.478 e. The summed E-state index contributed by atoms with van der Waals surface area (Å²) in [4.78, 5) is 18.3. The van der Waals surface area contributed by atoms with E-state index in [-0.39, 0.29) is 5.56 Å². The third-order valence-corrected chi connectivity index (χ3v) is 5.46. The van der Waals surface area contributed by atoms with Gasteiger partial charge in [0.15, 0.2) is 0 Å². The fourth-order valence-corrected chi connectivity index (χ4v) is 4.03. The summed E-state index contributed by atoms with van der Waals surface area (Å²) in [5, 5.41) is 9.39. The molecule has 0 unspecified atom stereocenters. The highest BCUT2D eigenvalue weighted by atomic mass is 16.4. The molecule has 1 saturated heterocycles. The molecular formula is C22H25N3O3. The van der Waals surface area contributed by atoms with Gasteiger partial charge >= 0.3 is 5.97 Å². The van der Waals surface area contributed by atoms with Crippen LogP contribution in [0, 0.1) is 5.92 Å². The summed E-state index contributed by atoms with van der Waals surface area (Å²) < 4.78 is 8.10. The number of likely N-dealkylation sites (tertiary alicyclic amines) is 1. The van der Waals surface area contributed by atoms with Crippen molar-refractivity contribution in [2.75, 3.05) is 13.1 Å². The fraction of sp³-hybridized carbons (Fsp3) is 0.364. The monoisotopic (exact) mass is 379 g/mol. The van der Waals surface area contributed by atoms with Crippen LogP contribution >= 0.6 is 0 Å². The molecule has 1 fully saturated rings. The van der Waals surface area contributed by atoms with E-state index in [9.17, 15) is 9.90 Å². The minimum absolute atomic E-state index is 0.261. The summed E-state index contributed by atoms with van der Waals surface area (Å²) in [5.74, 6) is 2.26. The van der Waals surface area contributed by atoms with Gasteiger partial charge in [-0.15, -0.1) is 0 Å². The van der Waals surface area contributed by atoms with Crippen LogP contribution in [0.5, 0.6) is 0 Å². The number of hydrogen-bond donors (Lipinski definition) is 1. The van der Waals surface area contributed by atoms with Crippen molar-refractivity contribution in [3.05, 3.63) is 65.9 Å². The second-order valence-electron chi connectivity index (χ2n) is 7.52. The smallest absolute Gasteiger partial charge is 0.336 e. The van der Waals surface area contributed by atoms with Crippen molar-refractivity contribution in [1.82, 2.24) is 14.5 Å². The Labute approximate surface area is 164 Å². The molecule has 1 atom stereocenters. The molecule has 0 spiro atoms. The maximum atomic E-state index is 11.5. The third kappa shape index (κ3) is 4.02. The van der Waals surface area contributed by atoms with Gasteiger partial charge in [0.25, 0.3) is 0 Å². The van der Waals surface area contributed by atoms with Crippen molar-refractivity contribution < 1.29 is 14.3 Å². The van der Waals surface area contributed by atoms with E-state index in [2.05, 4.69) is 14.5 Å². The van der Waals surface area contributed by atoms with E-state index in [0.717, 1.165) is 37.6 Å². The van der Waals surface area contributed by atoms with Crippen LogP contribution < -0.4 is 0 Å². The Hall–Kier alpha value is -2.86. The number of nitrogens with zero attached hydrogens (tertiary/aromatic N) is 3. The number of carboxylic acids is 1. The average molecular weight is 379 g/mol. The van der Waals surface area contributed by atoms with Crippen molar-refractivity contribution in [2.24, 2.45) is 13.0 Å². The molecule has 0 aliphatic carbocycles. The number of aromatic carboxylic acids is 1. The first-order valence-corrected chi connectivity index (χ1v) is 9.70. The van der Waals surface area contributed by atoms with Crippen molar-refractivity contribution in [1.29, 1.82) is 0 Å². The average Bonchev–Trinajstić information content (AvgIpc) is 3.31. The highest BCUT2D eigenvalue weighted by molar-refractivity contribution is 5.95. The molecule has 6 nitrogen and oxygen atoms in total. The molecule has 0 amide bonds. The quantitative estimate of drug-likeness (QED) is 0.705. The summed E-state index contributed by atoms with van der Waals surface area (Å²) in [6.07, 6.45) is 7.24. The zero-order chi connectivity index (χ0) is 19.5. The zero-order valence-corrected chi connectivity index (χ0v) is 16.0. The molecule has 28 heavy (non-hydrogen) atoms. The maximum absolute atomic E-state index is 11.5. The van der Waals surface area contributed by atoms with Crippen molar-refractivity contribution in [3.63, 3.8) is 0 Å². The van der Waals surface area contributed by atoms with Crippen LogP contribution in [0.2, 0.25) is 0 Å². The normalized spacial score (nSPS) is 17.7. The van der Waals surface area contributed by atoms with E-state index in [1.807, 2.05) is 37.6 Å². The molecule has 4 rings (SSSR count). The first-order chi connectivity index (χ1) is 13.6. The lowest BCUT2D eigenvalue weighted by atomic mass is 9.94. The number of carbonyl (C=O) groups is 1. The molecule has 0 bridgehead atoms. The number of imidazole rings is 1. The van der Waals surface area contributed by atoms with Gasteiger partial charge in [-0.3, -0.25) is 4.90 Å². The van der Waals surface area contributed by atoms with Gasteiger partial charge in [-0.2, -0.15) is 0 Å². The highest BCUT2D eigenvalue weighted by Gasteiger charge is 2.22. The molecule has 1 aromatic carbocycles. The minimum atomic E-state index is -0.943. The molecule has 146 valence electrons. The molecule has 3 aromatic rings. The van der Waals surface area contributed by atoms with Crippen molar-refractivity contribution >= 4 is 5.97 Å². The fourth-order valence-electron chi connectivity index (χ4n) is 4.03. The van der Waals surface area contributed by atoms with Crippen molar-refractivity contribution in [3.8, 4) is 11.3 Å². The van der Waals surface area contributed by atoms with Gasteiger partial charge in [0.1, 0.15) is 17.3 Å². The lowest BCUT2D eigenvalue weighted by Gasteiger charge is -2.32. The Morgan fingerprint density at radius 3 is 2.93 bits per heavy atom. The van der Waals surface area contributed by atoms with Gasteiger partial charge in [0, 0.05) is 38.0 Å². The SMILES string of the molecule is Cn1ccnc1C[C@H]1CCCN(Cc2ccc(-c3ccccc3C(=O)O)o2)C1. The molecule has 2 aromatic heterocycles. The Kier molecular flexibility index (Phi) is 5.30. The number of piperidine rings is 1. The molecular weight excluding hydrogens is 354 g/mol. The van der Waals surface area contributed by atoms with Gasteiger partial charge in [-0.1, -0.05) is 18.2 Å². The van der Waals surface area contributed by atoms with Gasteiger partial charge in [0.2, 0.25) is 0 Å². The number of aromatic nitrogens is 2. The summed E-state index contributed by atoms with van der Waals surface area (Å²) >= 11 is 0. The zero-order valence-electron chi connectivity index (χ0n) is 16.0. The van der Waals surface area contributed by atoms with E-state index in [0.29, 0.717) is 17.2 Å². The second kappa shape index (κ2) is 8.02. The first kappa shape index (κ1) is 18.5. The van der Waals surface area contributed by atoms with Gasteiger partial charge in [-0.05, 0) is 43.5 Å². The Balaban J connectivity index is 1.43. The van der Waals surface area contributed by atoms with E-state index in [1.54, 1.807) is 18.2 Å². The van der Waals surface area contributed by atoms with Crippen LogP contribution in [0.15, 0.2) is 53.2 Å². The molecule has 1 N–H and O–H groups in total. The van der Waals surface area contributed by atoms with E-state index >= 15 is 0 Å². The van der Waals surface area contributed by atoms with E-state index < -0.39 is 5.97 Å². The van der Waals surface area contributed by atoms with Crippen LogP contribution in [0.25, 0.3) is 11.3 Å². The molecule has 0 saturated carbocycles. The summed E-state index contributed by atoms with van der Waals surface area (Å²) in [6, 6.07) is 10.8. The summed E-state index contributed by atoms with van der Waals surface area (Å²) in [6.45, 7) is 2.82. The molecule has 0 radical (unpaired) electrons. The van der Waals surface area contributed by atoms with Crippen LogP contribution in [0.1, 0.15) is 34.8 Å². The number of hydrogen-bond acceptors (Lipinski definition) is 4. The third-order valence-electron chi connectivity index (χ3n) is 5.46. The summed E-state index contributed by atoms with van der Waals surface area (Å²) in [7, 11) is 2.04. The van der Waals surface area contributed by atoms with Crippen molar-refractivity contribution in [2.45, 2.75) is 25.8 Å². The molecule has 3 heterocycles. The number of aryl methyl sites for hydroxylation is 1. The highest BCUT2D eigenvalue weighted by Crippen LogP contribution is 2.28. The predicted molar refractivity (Wildman–Crippen MR) is 106 cm³/mol. The second-order valence-corrected chi connectivity index (χ2v) is 7.52. The van der Waals surface area contributed by atoms with Gasteiger partial charge in [0.05, 0.1) is 12.1 Å². The number of furan rings is 1. The Morgan fingerprint density at radius 1 is 1.29 bits per heavy atom. The van der Waals surface area contributed by atoms with Crippen LogP contribution in [-0.4, -0.2) is 38.6 Å². The molecule has 1 aliphatic heterocycles. The Morgan fingerprint density at radius 2 is 2.14 bits per heavy atom. The number of benzene rings is 1. The lowest BCUT2D eigenvalue weighted by molar-refractivity contribution is 0.0697. The lowest BCUT2D eigenvalue weighted by Crippen LogP contribution is -2.35. The Bertz CT molecular complexity index is 959. The first-order valence-electron chi connectivity index (χ1n) is 9.70. The van der Waals surface area contributed by atoms with Crippen LogP contribution in [0.4, 0.5) is 0 Å². The van der Waals surface area contributed by atoms with E-state index in [1.165, 1.54) is 12.8 Å².